The van der Waals surface area contributed by atoms with E-state index in [0.29, 0.717) is 25.1 Å². The summed E-state index contributed by atoms with van der Waals surface area (Å²) in [5.74, 6) is -0.651. The quantitative estimate of drug-likeness (QED) is 0.634. The summed E-state index contributed by atoms with van der Waals surface area (Å²) in [5.41, 5.74) is 3.34. The van der Waals surface area contributed by atoms with Crippen molar-refractivity contribution >= 4 is 33.2 Å². The number of carbonyl (C=O) groups excluding carboxylic acids is 2. The van der Waals surface area contributed by atoms with Crippen LogP contribution >= 0.6 is 0 Å². The number of aryl methyl sites for hydroxylation is 1. The highest BCUT2D eigenvalue weighted by Gasteiger charge is 2.30. The van der Waals surface area contributed by atoms with Crippen molar-refractivity contribution in [2.45, 2.75) is 57.9 Å². The number of nitrogens with zero attached hydrogens (tertiary/aromatic N) is 1. The van der Waals surface area contributed by atoms with Gasteiger partial charge in [-0.05, 0) is 60.2 Å². The van der Waals surface area contributed by atoms with E-state index in [1.54, 1.807) is 37.8 Å². The number of sulfonamides is 1. The Morgan fingerprint density at radius 1 is 1.06 bits per heavy atom. The molecular formula is C24H31N3O4S. The third-order valence-electron chi connectivity index (χ3n) is 5.72. The topological polar surface area (TPSA) is 95.6 Å². The minimum Gasteiger partial charge on any atom is -0.325 e. The van der Waals surface area contributed by atoms with Crippen molar-refractivity contribution in [2.75, 3.05) is 16.8 Å². The van der Waals surface area contributed by atoms with Gasteiger partial charge in [-0.2, -0.15) is 4.72 Å². The molecule has 172 valence electrons. The van der Waals surface area contributed by atoms with Gasteiger partial charge in [-0.1, -0.05) is 39.8 Å². The Bertz CT molecular complexity index is 1090. The predicted octanol–water partition coefficient (Wildman–Crippen LogP) is 3.49. The second-order valence-electron chi connectivity index (χ2n) is 8.32. The molecule has 0 saturated heterocycles. The van der Waals surface area contributed by atoms with Gasteiger partial charge in [-0.15, -0.1) is 0 Å². The molecule has 2 N–H and O–H groups in total. The van der Waals surface area contributed by atoms with Gasteiger partial charge >= 0.3 is 0 Å². The highest BCUT2D eigenvalue weighted by Crippen LogP contribution is 2.31. The Kier molecular flexibility index (Phi) is 7.36. The molecule has 0 radical (unpaired) electrons. The first-order chi connectivity index (χ1) is 15.2. The molecule has 8 heteroatoms. The second-order valence-corrected chi connectivity index (χ2v) is 10.0. The molecule has 0 unspecified atom stereocenters. The van der Waals surface area contributed by atoms with Crippen LogP contribution in [0.4, 0.5) is 11.4 Å². The van der Waals surface area contributed by atoms with E-state index in [4.69, 9.17) is 0 Å². The van der Waals surface area contributed by atoms with Gasteiger partial charge in [0.25, 0.3) is 0 Å². The molecule has 0 saturated carbocycles. The monoisotopic (exact) mass is 457 g/mol. The van der Waals surface area contributed by atoms with Crippen LogP contribution in [0.1, 0.15) is 45.2 Å². The first-order valence-corrected chi connectivity index (χ1v) is 12.5. The van der Waals surface area contributed by atoms with E-state index >= 15 is 0 Å². The zero-order valence-corrected chi connectivity index (χ0v) is 19.8. The maximum Gasteiger partial charge on any atom is 0.242 e. The minimum atomic E-state index is -3.93. The van der Waals surface area contributed by atoms with Crippen LogP contribution in [0.3, 0.4) is 0 Å². The number of anilines is 2. The zero-order chi connectivity index (χ0) is 23.5. The van der Waals surface area contributed by atoms with Gasteiger partial charge in [0.2, 0.25) is 21.8 Å². The summed E-state index contributed by atoms with van der Waals surface area (Å²) in [7, 11) is -3.93. The molecule has 2 aromatic rings. The van der Waals surface area contributed by atoms with Crippen LogP contribution < -0.4 is 14.9 Å². The fourth-order valence-corrected chi connectivity index (χ4v) is 5.16. The molecule has 1 atom stereocenters. The van der Waals surface area contributed by atoms with Gasteiger partial charge in [0.15, 0.2) is 0 Å². The number of fused-ring (bicyclic) bond motifs is 1. The van der Waals surface area contributed by atoms with Gasteiger partial charge in [0.05, 0.1) is 4.90 Å². The zero-order valence-electron chi connectivity index (χ0n) is 19.0. The smallest absolute Gasteiger partial charge is 0.242 e. The lowest BCUT2D eigenvalue weighted by Crippen LogP contribution is -2.47. The molecule has 3 rings (SSSR count). The Hall–Kier alpha value is -2.71. The second kappa shape index (κ2) is 9.83. The average Bonchev–Trinajstić information content (AvgIpc) is 3.20. The van der Waals surface area contributed by atoms with Crippen molar-refractivity contribution < 1.29 is 18.0 Å². The number of nitrogens with one attached hydrogen (secondary N) is 2. The minimum absolute atomic E-state index is 0.0148. The average molecular weight is 458 g/mol. The number of hydrogen-bond donors (Lipinski definition) is 2. The predicted molar refractivity (Wildman–Crippen MR) is 126 cm³/mol. The summed E-state index contributed by atoms with van der Waals surface area (Å²) in [4.78, 5) is 26.7. The summed E-state index contributed by atoms with van der Waals surface area (Å²) >= 11 is 0. The van der Waals surface area contributed by atoms with Crippen LogP contribution in [0.2, 0.25) is 0 Å². The number of rotatable bonds is 8. The van der Waals surface area contributed by atoms with Crippen LogP contribution in [-0.2, 0) is 32.5 Å². The van der Waals surface area contributed by atoms with Crippen LogP contribution in [0.5, 0.6) is 0 Å². The first-order valence-electron chi connectivity index (χ1n) is 11.0. The van der Waals surface area contributed by atoms with E-state index in [-0.39, 0.29) is 16.7 Å². The van der Waals surface area contributed by atoms with Gasteiger partial charge in [-0.3, -0.25) is 9.59 Å². The first kappa shape index (κ1) is 23.9. The van der Waals surface area contributed by atoms with Crippen molar-refractivity contribution in [2.24, 2.45) is 5.92 Å². The number of carbonyl (C=O) groups is 2. The Morgan fingerprint density at radius 3 is 2.34 bits per heavy atom. The van der Waals surface area contributed by atoms with E-state index in [1.807, 2.05) is 24.3 Å². The van der Waals surface area contributed by atoms with Crippen LogP contribution in [0.15, 0.2) is 47.4 Å². The van der Waals surface area contributed by atoms with E-state index in [2.05, 4.69) is 17.0 Å². The molecule has 0 aliphatic carbocycles. The molecule has 2 amide bonds. The summed E-state index contributed by atoms with van der Waals surface area (Å²) in [6, 6.07) is 11.3. The van der Waals surface area contributed by atoms with E-state index in [9.17, 15) is 18.0 Å². The third-order valence-corrected chi connectivity index (χ3v) is 7.16. The highest BCUT2D eigenvalue weighted by atomic mass is 32.2. The molecular weight excluding hydrogens is 426 g/mol. The molecule has 0 aromatic heterocycles. The summed E-state index contributed by atoms with van der Waals surface area (Å²) in [6.07, 6.45) is 1.90. The number of hydrogen-bond acceptors (Lipinski definition) is 4. The lowest BCUT2D eigenvalue weighted by atomic mass is 10.0. The highest BCUT2D eigenvalue weighted by molar-refractivity contribution is 7.89. The van der Waals surface area contributed by atoms with Gasteiger partial charge in [0.1, 0.15) is 6.04 Å². The van der Waals surface area contributed by atoms with Crippen molar-refractivity contribution in [3.8, 4) is 0 Å². The van der Waals surface area contributed by atoms with Crippen LogP contribution in [0, 0.1) is 5.92 Å². The molecule has 1 heterocycles. The Balaban J connectivity index is 1.78. The molecule has 32 heavy (non-hydrogen) atoms. The van der Waals surface area contributed by atoms with Gasteiger partial charge < -0.3 is 10.2 Å². The van der Waals surface area contributed by atoms with Crippen molar-refractivity contribution in [1.29, 1.82) is 0 Å². The maximum absolute atomic E-state index is 13.1. The van der Waals surface area contributed by atoms with Crippen molar-refractivity contribution in [3.63, 3.8) is 0 Å². The summed E-state index contributed by atoms with van der Waals surface area (Å²) < 4.78 is 28.7. The van der Waals surface area contributed by atoms with E-state index in [1.165, 1.54) is 6.07 Å². The molecule has 1 aliphatic heterocycles. The van der Waals surface area contributed by atoms with Crippen LogP contribution in [-0.4, -0.2) is 32.8 Å². The number of amides is 2. The maximum atomic E-state index is 13.1. The van der Waals surface area contributed by atoms with Crippen LogP contribution in [0.25, 0.3) is 0 Å². The van der Waals surface area contributed by atoms with E-state index < -0.39 is 22.0 Å². The summed E-state index contributed by atoms with van der Waals surface area (Å²) in [5, 5.41) is 2.81. The van der Waals surface area contributed by atoms with Crippen molar-refractivity contribution in [1.82, 2.24) is 4.72 Å². The molecule has 0 bridgehead atoms. The fourth-order valence-electron chi connectivity index (χ4n) is 3.77. The Morgan fingerprint density at radius 2 is 1.75 bits per heavy atom. The lowest BCUT2D eigenvalue weighted by molar-refractivity contribution is -0.119. The molecule has 0 spiro atoms. The molecule has 2 aromatic carbocycles. The standard InChI is InChI=1S/C24H31N3O4S/c1-5-17-7-9-19(10-8-17)25-24(29)23(16(3)4)26-32(30,31)20-11-12-21-18(15-20)13-14-27(21)22(28)6-2/h7-12,15-16,23,26H,5-6,13-14H2,1-4H3,(H,25,29)/t23-/m0/s1. The van der Waals surface area contributed by atoms with E-state index in [0.717, 1.165) is 23.2 Å². The third kappa shape index (κ3) is 5.19. The largest absolute Gasteiger partial charge is 0.325 e. The van der Waals surface area contributed by atoms with Gasteiger partial charge in [0, 0.05) is 24.3 Å². The lowest BCUT2D eigenvalue weighted by Gasteiger charge is -2.22. The molecule has 0 fully saturated rings. The normalized spacial score (nSPS) is 14.3. The number of benzene rings is 2. The molecule has 7 nitrogen and oxygen atoms in total. The summed E-state index contributed by atoms with van der Waals surface area (Å²) in [6.45, 7) is 7.99. The Labute approximate surface area is 190 Å². The van der Waals surface area contributed by atoms with Gasteiger partial charge in [-0.25, -0.2) is 8.42 Å². The van der Waals surface area contributed by atoms with Crippen molar-refractivity contribution in [3.05, 3.63) is 53.6 Å². The SMILES string of the molecule is CCC(=O)N1CCc2cc(S(=O)(=O)N[C@H](C(=O)Nc3ccc(CC)cc3)C(C)C)ccc21. The molecule has 1 aliphatic rings. The fraction of sp³-hybridized carbons (Fsp3) is 0.417.